The number of carboxylic acid groups (broad SMARTS) is 1. The van der Waals surface area contributed by atoms with Gasteiger partial charge in [0.2, 0.25) is 0 Å². The average Bonchev–Trinajstić information content (AvgIpc) is 2.17. The molecule has 5 heteroatoms. The quantitative estimate of drug-likeness (QED) is 0.674. The molecule has 0 atom stereocenters. The number of carbonyl (C=O) groups is 1. The molecule has 3 N–H and O–H groups in total. The minimum Gasteiger partial charge on any atom is -0.478 e. The zero-order valence-corrected chi connectivity index (χ0v) is 8.79. The van der Waals surface area contributed by atoms with E-state index in [1.165, 1.54) is 6.07 Å². The van der Waals surface area contributed by atoms with E-state index in [-0.39, 0.29) is 17.2 Å². The largest absolute Gasteiger partial charge is 0.478 e. The molecule has 82 valence electrons. The third kappa shape index (κ3) is 3.42. The van der Waals surface area contributed by atoms with Gasteiger partial charge < -0.3 is 15.5 Å². The molecule has 0 aliphatic carbocycles. The van der Waals surface area contributed by atoms with E-state index in [0.29, 0.717) is 13.0 Å². The molecule has 15 heavy (non-hydrogen) atoms. The minimum atomic E-state index is -1.04. The predicted molar refractivity (Wildman–Crippen MR) is 58.6 cm³/mol. The predicted octanol–water partition coefficient (Wildman–Crippen LogP) is 1.83. The number of rotatable bonds is 5. The lowest BCUT2D eigenvalue weighted by Gasteiger charge is -2.06. The molecule has 0 bridgehead atoms. The molecule has 0 amide bonds. The number of hydrogen-bond donors (Lipinski definition) is 3. The van der Waals surface area contributed by atoms with Gasteiger partial charge in [0.15, 0.2) is 0 Å². The van der Waals surface area contributed by atoms with Gasteiger partial charge in [-0.2, -0.15) is 0 Å². The fourth-order valence-corrected chi connectivity index (χ4v) is 1.37. The molecule has 0 saturated heterocycles. The van der Waals surface area contributed by atoms with Crippen LogP contribution in [0.15, 0.2) is 18.2 Å². The van der Waals surface area contributed by atoms with Gasteiger partial charge in [0.25, 0.3) is 0 Å². The molecule has 0 spiro atoms. The van der Waals surface area contributed by atoms with Crippen LogP contribution in [0.25, 0.3) is 0 Å². The molecule has 0 aliphatic rings. The van der Waals surface area contributed by atoms with Gasteiger partial charge in [-0.15, -0.1) is 0 Å². The summed E-state index contributed by atoms with van der Waals surface area (Å²) in [5.41, 5.74) is 0.836. The van der Waals surface area contributed by atoms with Crippen molar-refractivity contribution in [1.82, 2.24) is 0 Å². The Balaban J connectivity index is 2.69. The van der Waals surface area contributed by atoms with Crippen LogP contribution in [0.3, 0.4) is 0 Å². The number of anilines is 1. The fourth-order valence-electron chi connectivity index (χ4n) is 1.11. The summed E-state index contributed by atoms with van der Waals surface area (Å²) in [6.45, 7) is 0.743. The fraction of sp³-hybridized carbons (Fsp3) is 0.300. The molecule has 1 aromatic carbocycles. The Morgan fingerprint density at radius 3 is 2.73 bits per heavy atom. The van der Waals surface area contributed by atoms with E-state index in [0.717, 1.165) is 5.69 Å². The monoisotopic (exact) mass is 229 g/mol. The van der Waals surface area contributed by atoms with Crippen LogP contribution in [0.5, 0.6) is 0 Å². The molecular formula is C10H12ClNO3. The molecule has 1 rings (SSSR count). The number of aromatic carboxylic acids is 1. The van der Waals surface area contributed by atoms with Crippen LogP contribution in [0.1, 0.15) is 16.8 Å². The SMILES string of the molecule is O=C(O)c1ccc(NCCCO)cc1Cl. The molecule has 4 nitrogen and oxygen atoms in total. The number of benzene rings is 1. The first kappa shape index (κ1) is 11.8. The summed E-state index contributed by atoms with van der Waals surface area (Å²) < 4.78 is 0. The highest BCUT2D eigenvalue weighted by atomic mass is 35.5. The molecule has 1 aromatic rings. The van der Waals surface area contributed by atoms with Crippen molar-refractivity contribution in [2.75, 3.05) is 18.5 Å². The normalized spacial score (nSPS) is 10.0. The zero-order valence-electron chi connectivity index (χ0n) is 8.03. The number of hydrogen-bond acceptors (Lipinski definition) is 3. The first-order valence-electron chi connectivity index (χ1n) is 4.52. The van der Waals surface area contributed by atoms with Crippen molar-refractivity contribution in [2.45, 2.75) is 6.42 Å². The number of carboxylic acids is 1. The Morgan fingerprint density at radius 1 is 1.47 bits per heavy atom. The van der Waals surface area contributed by atoms with E-state index in [9.17, 15) is 4.79 Å². The van der Waals surface area contributed by atoms with Gasteiger partial charge >= 0.3 is 5.97 Å². The maximum atomic E-state index is 10.7. The smallest absolute Gasteiger partial charge is 0.337 e. The Kier molecular flexibility index (Phi) is 4.39. The molecule has 0 radical (unpaired) electrons. The van der Waals surface area contributed by atoms with Gasteiger partial charge in [-0.25, -0.2) is 4.79 Å². The highest BCUT2D eigenvalue weighted by Gasteiger charge is 2.08. The Labute approximate surface area is 92.5 Å². The highest BCUT2D eigenvalue weighted by molar-refractivity contribution is 6.33. The standard InChI is InChI=1S/C10H12ClNO3/c11-9-6-7(12-4-1-5-13)2-3-8(9)10(14)15/h2-3,6,12-13H,1,4-5H2,(H,14,15). The van der Waals surface area contributed by atoms with Crippen LogP contribution in [-0.2, 0) is 0 Å². The van der Waals surface area contributed by atoms with Gasteiger partial charge in [-0.3, -0.25) is 0 Å². The molecule has 0 aromatic heterocycles. The van der Waals surface area contributed by atoms with E-state index >= 15 is 0 Å². The van der Waals surface area contributed by atoms with E-state index in [1.54, 1.807) is 12.1 Å². The van der Waals surface area contributed by atoms with Crippen LogP contribution < -0.4 is 5.32 Å². The lowest BCUT2D eigenvalue weighted by atomic mass is 10.2. The van der Waals surface area contributed by atoms with Crippen molar-refractivity contribution >= 4 is 23.3 Å². The maximum absolute atomic E-state index is 10.7. The maximum Gasteiger partial charge on any atom is 0.337 e. The summed E-state index contributed by atoms with van der Waals surface area (Å²) in [4.78, 5) is 10.7. The number of nitrogens with one attached hydrogen (secondary N) is 1. The Morgan fingerprint density at radius 2 is 2.20 bits per heavy atom. The minimum absolute atomic E-state index is 0.0874. The van der Waals surface area contributed by atoms with E-state index in [2.05, 4.69) is 5.32 Å². The topological polar surface area (TPSA) is 69.6 Å². The first-order valence-corrected chi connectivity index (χ1v) is 4.90. The van der Waals surface area contributed by atoms with Crippen molar-refractivity contribution in [3.63, 3.8) is 0 Å². The van der Waals surface area contributed by atoms with Crippen LogP contribution in [0, 0.1) is 0 Å². The Bertz CT molecular complexity index is 355. The van der Waals surface area contributed by atoms with Crippen molar-refractivity contribution in [3.8, 4) is 0 Å². The van der Waals surface area contributed by atoms with E-state index in [1.807, 2.05) is 0 Å². The summed E-state index contributed by atoms with van der Waals surface area (Å²) in [6.07, 6.45) is 0.637. The zero-order chi connectivity index (χ0) is 11.3. The van der Waals surface area contributed by atoms with Crippen molar-refractivity contribution < 1.29 is 15.0 Å². The summed E-state index contributed by atoms with van der Waals surface area (Å²) >= 11 is 5.77. The third-order valence-corrected chi connectivity index (χ3v) is 2.18. The van der Waals surface area contributed by atoms with Crippen LogP contribution >= 0.6 is 11.6 Å². The van der Waals surface area contributed by atoms with Crippen LogP contribution in [0.2, 0.25) is 5.02 Å². The lowest BCUT2D eigenvalue weighted by Crippen LogP contribution is -2.04. The number of aliphatic hydroxyl groups is 1. The second kappa shape index (κ2) is 5.58. The number of halogens is 1. The molecule has 0 saturated carbocycles. The van der Waals surface area contributed by atoms with E-state index in [4.69, 9.17) is 21.8 Å². The highest BCUT2D eigenvalue weighted by Crippen LogP contribution is 2.20. The van der Waals surface area contributed by atoms with Crippen molar-refractivity contribution in [2.24, 2.45) is 0 Å². The van der Waals surface area contributed by atoms with Gasteiger partial charge in [-0.1, -0.05) is 11.6 Å². The van der Waals surface area contributed by atoms with Crippen LogP contribution in [-0.4, -0.2) is 29.3 Å². The summed E-state index contributed by atoms with van der Waals surface area (Å²) in [5, 5.41) is 20.5. The van der Waals surface area contributed by atoms with Gasteiger partial charge in [0.05, 0.1) is 10.6 Å². The molecule has 0 fully saturated rings. The summed E-state index contributed by atoms with van der Waals surface area (Å²) in [6, 6.07) is 4.65. The van der Waals surface area contributed by atoms with Crippen molar-refractivity contribution in [1.29, 1.82) is 0 Å². The van der Waals surface area contributed by atoms with Gasteiger partial charge in [-0.05, 0) is 24.6 Å². The van der Waals surface area contributed by atoms with Crippen molar-refractivity contribution in [3.05, 3.63) is 28.8 Å². The summed E-state index contributed by atoms with van der Waals surface area (Å²) in [7, 11) is 0. The average molecular weight is 230 g/mol. The lowest BCUT2D eigenvalue weighted by molar-refractivity contribution is 0.0697. The summed E-state index contributed by atoms with van der Waals surface area (Å²) in [5.74, 6) is -1.04. The molecule has 0 unspecified atom stereocenters. The van der Waals surface area contributed by atoms with Crippen LogP contribution in [0.4, 0.5) is 5.69 Å². The first-order chi connectivity index (χ1) is 7.15. The second-order valence-electron chi connectivity index (χ2n) is 3.00. The molecular weight excluding hydrogens is 218 g/mol. The third-order valence-electron chi connectivity index (χ3n) is 1.86. The van der Waals surface area contributed by atoms with Gasteiger partial charge in [0.1, 0.15) is 0 Å². The molecule has 0 aliphatic heterocycles. The Hall–Kier alpha value is -1.26. The van der Waals surface area contributed by atoms with E-state index < -0.39 is 5.97 Å². The second-order valence-corrected chi connectivity index (χ2v) is 3.41. The van der Waals surface area contributed by atoms with Gasteiger partial charge in [0, 0.05) is 18.8 Å². The number of aliphatic hydroxyl groups excluding tert-OH is 1. The molecule has 0 heterocycles.